The van der Waals surface area contributed by atoms with Crippen LogP contribution in [0.2, 0.25) is 10.0 Å². The number of nitrogens with one attached hydrogen (secondary N) is 1. The molecule has 0 fully saturated rings. The van der Waals surface area contributed by atoms with Crippen LogP contribution in [0.5, 0.6) is 0 Å². The Hall–Kier alpha value is -2.30. The molecule has 2 aromatic carbocycles. The van der Waals surface area contributed by atoms with Crippen molar-refractivity contribution in [2.75, 3.05) is 5.32 Å². The highest BCUT2D eigenvalue weighted by molar-refractivity contribution is 6.42. The molecule has 0 aliphatic rings. The Labute approximate surface area is 141 Å². The molecule has 6 heteroatoms. The third kappa shape index (κ3) is 3.09. The number of halogens is 2. The van der Waals surface area contributed by atoms with Gasteiger partial charge in [0, 0.05) is 11.8 Å². The molecule has 116 valence electrons. The van der Waals surface area contributed by atoms with E-state index in [0.717, 1.165) is 5.56 Å². The molecule has 1 aromatic heterocycles. The number of amides is 1. The zero-order valence-electron chi connectivity index (χ0n) is 12.0. The fourth-order valence-electron chi connectivity index (χ4n) is 2.20. The number of rotatable bonds is 2. The summed E-state index contributed by atoms with van der Waals surface area (Å²) in [4.78, 5) is 24.4. The molecule has 1 N–H and O–H groups in total. The number of hydrogen-bond acceptors (Lipinski definition) is 3. The number of aryl methyl sites for hydroxylation is 1. The molecule has 0 radical (unpaired) electrons. The SMILES string of the molecule is Cc1cccc2c(=O)cc(C(=O)Nc3ccc(Cl)c(Cl)c3)oc12. The van der Waals surface area contributed by atoms with Gasteiger partial charge in [0.15, 0.2) is 11.2 Å². The molecular weight excluding hydrogens is 337 g/mol. The molecule has 0 aliphatic heterocycles. The highest BCUT2D eigenvalue weighted by Crippen LogP contribution is 2.25. The highest BCUT2D eigenvalue weighted by atomic mass is 35.5. The predicted molar refractivity (Wildman–Crippen MR) is 91.6 cm³/mol. The summed E-state index contributed by atoms with van der Waals surface area (Å²) in [6, 6.07) is 11.1. The van der Waals surface area contributed by atoms with Crippen LogP contribution in [0.15, 0.2) is 51.7 Å². The van der Waals surface area contributed by atoms with Gasteiger partial charge in [0.2, 0.25) is 0 Å². The van der Waals surface area contributed by atoms with Gasteiger partial charge in [-0.1, -0.05) is 35.3 Å². The summed E-state index contributed by atoms with van der Waals surface area (Å²) in [5.74, 6) is -0.603. The smallest absolute Gasteiger partial charge is 0.291 e. The van der Waals surface area contributed by atoms with Crippen molar-refractivity contribution in [3.8, 4) is 0 Å². The van der Waals surface area contributed by atoms with E-state index in [2.05, 4.69) is 5.32 Å². The molecule has 3 aromatic rings. The molecule has 3 rings (SSSR count). The van der Waals surface area contributed by atoms with Crippen molar-refractivity contribution in [3.63, 3.8) is 0 Å². The van der Waals surface area contributed by atoms with Gasteiger partial charge in [-0.15, -0.1) is 0 Å². The standard InChI is InChI=1S/C17H11Cl2NO3/c1-9-3-2-4-11-14(21)8-15(23-16(9)11)17(22)20-10-5-6-12(18)13(19)7-10/h2-8H,1H3,(H,20,22). The summed E-state index contributed by atoms with van der Waals surface area (Å²) < 4.78 is 5.59. The van der Waals surface area contributed by atoms with Crippen LogP contribution in [0.1, 0.15) is 16.1 Å². The topological polar surface area (TPSA) is 59.3 Å². The maximum Gasteiger partial charge on any atom is 0.291 e. The summed E-state index contributed by atoms with van der Waals surface area (Å²) in [7, 11) is 0. The Morgan fingerprint density at radius 1 is 1.09 bits per heavy atom. The molecule has 0 bridgehead atoms. The number of hydrogen-bond donors (Lipinski definition) is 1. The molecule has 0 atom stereocenters. The number of anilines is 1. The number of carbonyl (C=O) groups excluding carboxylic acids is 1. The van der Waals surface area contributed by atoms with E-state index in [4.69, 9.17) is 27.6 Å². The number of para-hydroxylation sites is 1. The largest absolute Gasteiger partial charge is 0.450 e. The van der Waals surface area contributed by atoms with Gasteiger partial charge >= 0.3 is 0 Å². The second-order valence-corrected chi connectivity index (χ2v) is 5.82. The molecule has 4 nitrogen and oxygen atoms in total. The van der Waals surface area contributed by atoms with Crippen molar-refractivity contribution >= 4 is 45.8 Å². The minimum Gasteiger partial charge on any atom is -0.450 e. The van der Waals surface area contributed by atoms with E-state index < -0.39 is 5.91 Å². The summed E-state index contributed by atoms with van der Waals surface area (Å²) in [6.45, 7) is 1.81. The van der Waals surface area contributed by atoms with E-state index in [9.17, 15) is 9.59 Å². The third-order valence-electron chi connectivity index (χ3n) is 3.35. The second kappa shape index (κ2) is 6.07. The lowest BCUT2D eigenvalue weighted by Crippen LogP contribution is -2.15. The Balaban J connectivity index is 1.99. The Morgan fingerprint density at radius 3 is 2.61 bits per heavy atom. The fourth-order valence-corrected chi connectivity index (χ4v) is 2.49. The minimum absolute atomic E-state index is 0.0668. The predicted octanol–water partition coefficient (Wildman–Crippen LogP) is 4.66. The van der Waals surface area contributed by atoms with Crippen LogP contribution in [0, 0.1) is 6.92 Å². The zero-order valence-corrected chi connectivity index (χ0v) is 13.5. The van der Waals surface area contributed by atoms with E-state index in [1.54, 1.807) is 24.3 Å². The van der Waals surface area contributed by atoms with Gasteiger partial charge in [0.25, 0.3) is 5.91 Å². The Morgan fingerprint density at radius 2 is 1.87 bits per heavy atom. The number of benzene rings is 2. The third-order valence-corrected chi connectivity index (χ3v) is 4.09. The van der Waals surface area contributed by atoms with Crippen molar-refractivity contribution < 1.29 is 9.21 Å². The first-order valence-electron chi connectivity index (χ1n) is 6.75. The lowest BCUT2D eigenvalue weighted by atomic mass is 10.1. The Bertz CT molecular complexity index is 979. The van der Waals surface area contributed by atoms with Gasteiger partial charge in [-0.25, -0.2) is 0 Å². The van der Waals surface area contributed by atoms with Crippen LogP contribution < -0.4 is 10.7 Å². The van der Waals surface area contributed by atoms with E-state index in [-0.39, 0.29) is 11.2 Å². The van der Waals surface area contributed by atoms with Crippen LogP contribution in [-0.4, -0.2) is 5.91 Å². The molecule has 1 amide bonds. The van der Waals surface area contributed by atoms with Crippen molar-refractivity contribution in [2.45, 2.75) is 6.92 Å². The normalized spacial score (nSPS) is 10.7. The van der Waals surface area contributed by atoms with Crippen molar-refractivity contribution in [1.29, 1.82) is 0 Å². The summed E-state index contributed by atoms with van der Waals surface area (Å²) in [5, 5.41) is 3.77. The van der Waals surface area contributed by atoms with Crippen LogP contribution in [0.25, 0.3) is 11.0 Å². The fraction of sp³-hybridized carbons (Fsp3) is 0.0588. The maximum atomic E-state index is 12.3. The van der Waals surface area contributed by atoms with E-state index >= 15 is 0 Å². The molecule has 23 heavy (non-hydrogen) atoms. The van der Waals surface area contributed by atoms with Gasteiger partial charge in [-0.2, -0.15) is 0 Å². The molecular formula is C17H11Cl2NO3. The molecule has 0 spiro atoms. The van der Waals surface area contributed by atoms with E-state index in [0.29, 0.717) is 26.7 Å². The minimum atomic E-state index is -0.536. The second-order valence-electron chi connectivity index (χ2n) is 5.01. The van der Waals surface area contributed by atoms with Gasteiger partial charge in [0.1, 0.15) is 5.58 Å². The van der Waals surface area contributed by atoms with Crippen LogP contribution >= 0.6 is 23.2 Å². The Kier molecular flexibility index (Phi) is 4.11. The monoisotopic (exact) mass is 347 g/mol. The van der Waals surface area contributed by atoms with E-state index in [1.165, 1.54) is 12.1 Å². The summed E-state index contributed by atoms with van der Waals surface area (Å²) in [6.07, 6.45) is 0. The first kappa shape index (κ1) is 15.6. The quantitative estimate of drug-likeness (QED) is 0.733. The molecule has 1 heterocycles. The van der Waals surface area contributed by atoms with Gasteiger partial charge in [0.05, 0.1) is 15.4 Å². The van der Waals surface area contributed by atoms with Crippen molar-refractivity contribution in [3.05, 3.63) is 74.1 Å². The first-order valence-corrected chi connectivity index (χ1v) is 7.51. The van der Waals surface area contributed by atoms with Crippen LogP contribution in [0.3, 0.4) is 0 Å². The summed E-state index contributed by atoms with van der Waals surface area (Å²) in [5.41, 5.74) is 1.37. The summed E-state index contributed by atoms with van der Waals surface area (Å²) >= 11 is 11.7. The average Bonchev–Trinajstić information content (AvgIpc) is 2.52. The molecule has 0 saturated carbocycles. The van der Waals surface area contributed by atoms with Crippen molar-refractivity contribution in [2.24, 2.45) is 0 Å². The van der Waals surface area contributed by atoms with Crippen LogP contribution in [0.4, 0.5) is 5.69 Å². The number of carbonyl (C=O) groups is 1. The lowest BCUT2D eigenvalue weighted by molar-refractivity contribution is 0.0997. The maximum absolute atomic E-state index is 12.3. The van der Waals surface area contributed by atoms with E-state index in [1.807, 2.05) is 13.0 Å². The van der Waals surface area contributed by atoms with Crippen LogP contribution in [-0.2, 0) is 0 Å². The van der Waals surface area contributed by atoms with Gasteiger partial charge in [-0.05, 0) is 36.8 Å². The van der Waals surface area contributed by atoms with Gasteiger partial charge < -0.3 is 9.73 Å². The van der Waals surface area contributed by atoms with Crippen molar-refractivity contribution in [1.82, 2.24) is 0 Å². The average molecular weight is 348 g/mol. The highest BCUT2D eigenvalue weighted by Gasteiger charge is 2.14. The van der Waals surface area contributed by atoms with Gasteiger partial charge in [-0.3, -0.25) is 9.59 Å². The zero-order chi connectivity index (χ0) is 16.6. The molecule has 0 unspecified atom stereocenters. The number of fused-ring (bicyclic) bond motifs is 1. The molecule has 0 saturated heterocycles. The first-order chi connectivity index (χ1) is 11.0. The molecule has 0 aliphatic carbocycles. The lowest BCUT2D eigenvalue weighted by Gasteiger charge is -2.07.